The van der Waals surface area contributed by atoms with Crippen molar-refractivity contribution >= 4 is 34.3 Å². The van der Waals surface area contributed by atoms with Crippen LogP contribution in [0, 0.1) is 0 Å². The molecule has 0 atom stereocenters. The zero-order valence-electron chi connectivity index (χ0n) is 16.8. The number of nitrogens with zero attached hydrogens (tertiary/aromatic N) is 2. The highest BCUT2D eigenvalue weighted by Gasteiger charge is 2.08. The van der Waals surface area contributed by atoms with Gasteiger partial charge in [0.2, 0.25) is 0 Å². The van der Waals surface area contributed by atoms with E-state index in [0.717, 1.165) is 23.1 Å². The number of hydrogen-bond acceptors (Lipinski definition) is 3. The van der Waals surface area contributed by atoms with E-state index < -0.39 is 0 Å². The lowest BCUT2D eigenvalue weighted by Crippen LogP contribution is -2.17. The summed E-state index contributed by atoms with van der Waals surface area (Å²) < 4.78 is 0. The highest BCUT2D eigenvalue weighted by atomic mass is 16.1. The second-order valence-electron chi connectivity index (χ2n) is 7.11. The smallest absolute Gasteiger partial charge is 0.255 e. The fraction of sp³-hybridized carbons (Fsp3) is 0.0769. The number of hydrogen-bond donors (Lipinski definition) is 1. The van der Waals surface area contributed by atoms with Crippen LogP contribution >= 0.6 is 0 Å². The number of anilines is 2. The summed E-state index contributed by atoms with van der Waals surface area (Å²) in [6, 6.07) is 27.6. The highest BCUT2D eigenvalue weighted by molar-refractivity contribution is 6.05. The van der Waals surface area contributed by atoms with Gasteiger partial charge < -0.3 is 10.2 Å². The van der Waals surface area contributed by atoms with Gasteiger partial charge in [-0.05, 0) is 42.0 Å². The van der Waals surface area contributed by atoms with E-state index in [1.807, 2.05) is 79.8 Å². The third kappa shape index (κ3) is 4.73. The molecule has 0 bridgehead atoms. The molecule has 0 saturated carbocycles. The lowest BCUT2D eigenvalue weighted by Gasteiger charge is -2.17. The summed E-state index contributed by atoms with van der Waals surface area (Å²) in [5.74, 6) is -0.148. The van der Waals surface area contributed by atoms with Crippen LogP contribution < -0.4 is 10.2 Å². The summed E-state index contributed by atoms with van der Waals surface area (Å²) in [7, 11) is 2.03. The molecule has 4 nitrogen and oxygen atoms in total. The third-order valence-electron chi connectivity index (χ3n) is 4.91. The predicted molar refractivity (Wildman–Crippen MR) is 125 cm³/mol. The Bertz CT molecular complexity index is 1170. The van der Waals surface area contributed by atoms with Crippen LogP contribution in [0.1, 0.15) is 15.9 Å². The van der Waals surface area contributed by atoms with Crippen LogP contribution in [0.2, 0.25) is 0 Å². The van der Waals surface area contributed by atoms with Crippen molar-refractivity contribution in [1.82, 2.24) is 4.98 Å². The first-order valence-corrected chi connectivity index (χ1v) is 9.88. The van der Waals surface area contributed by atoms with Gasteiger partial charge in [0.15, 0.2) is 0 Å². The molecule has 0 spiro atoms. The second kappa shape index (κ2) is 9.05. The number of likely N-dealkylation sites (N-methyl/N-ethyl adjacent to an activating group) is 1. The number of fused-ring (bicyclic) bond motifs is 1. The second-order valence-corrected chi connectivity index (χ2v) is 7.11. The van der Waals surface area contributed by atoms with Crippen LogP contribution in [-0.4, -0.2) is 24.5 Å². The highest BCUT2D eigenvalue weighted by Crippen LogP contribution is 2.18. The molecule has 0 aliphatic rings. The number of carbonyl (C=O) groups is 1. The molecule has 1 aromatic heterocycles. The van der Waals surface area contributed by atoms with E-state index in [2.05, 4.69) is 39.5 Å². The van der Waals surface area contributed by atoms with Gasteiger partial charge in [-0.2, -0.15) is 0 Å². The summed E-state index contributed by atoms with van der Waals surface area (Å²) in [6.07, 6.45) is 5.92. The minimum atomic E-state index is -0.148. The molecule has 0 saturated heterocycles. The number of aromatic nitrogens is 1. The predicted octanol–water partition coefficient (Wildman–Crippen LogP) is 5.64. The number of pyridine rings is 1. The average molecular weight is 393 g/mol. The standard InChI is InChI=1S/C26H23N3O/c1-29(17-7-10-20-8-3-2-4-9-20)24-15-13-21(14-16-24)26(30)28-23-18-22-11-5-6-12-25(22)27-19-23/h2-16,18-19H,17H2,1H3,(H,28,30)/b10-7+. The molecule has 0 aliphatic carbocycles. The molecule has 3 aromatic carbocycles. The maximum absolute atomic E-state index is 12.6. The number of amides is 1. The van der Waals surface area contributed by atoms with Gasteiger partial charge in [-0.15, -0.1) is 0 Å². The Morgan fingerprint density at radius 2 is 1.70 bits per heavy atom. The summed E-state index contributed by atoms with van der Waals surface area (Å²) in [5, 5.41) is 3.92. The van der Waals surface area contributed by atoms with Crippen molar-refractivity contribution in [3.05, 3.63) is 108 Å². The SMILES string of the molecule is CN(C/C=C/c1ccccc1)c1ccc(C(=O)Nc2cnc3ccccc3c2)cc1. The van der Waals surface area contributed by atoms with Crippen molar-refractivity contribution in [2.75, 3.05) is 23.8 Å². The van der Waals surface area contributed by atoms with E-state index in [-0.39, 0.29) is 5.91 Å². The van der Waals surface area contributed by atoms with Gasteiger partial charge in [-0.1, -0.05) is 60.7 Å². The average Bonchev–Trinajstić information content (AvgIpc) is 2.80. The fourth-order valence-corrected chi connectivity index (χ4v) is 3.23. The number of benzene rings is 3. The van der Waals surface area contributed by atoms with Gasteiger partial charge in [-0.25, -0.2) is 0 Å². The van der Waals surface area contributed by atoms with Crippen LogP contribution in [0.4, 0.5) is 11.4 Å². The number of para-hydroxylation sites is 1. The molecule has 0 radical (unpaired) electrons. The molecule has 4 aromatic rings. The molecule has 148 valence electrons. The molecule has 1 heterocycles. The van der Waals surface area contributed by atoms with Crippen LogP contribution in [-0.2, 0) is 0 Å². The molecule has 0 unspecified atom stereocenters. The number of carbonyl (C=O) groups excluding carboxylic acids is 1. The van der Waals surface area contributed by atoms with E-state index in [4.69, 9.17) is 0 Å². The zero-order chi connectivity index (χ0) is 20.8. The van der Waals surface area contributed by atoms with Crippen LogP contribution in [0.5, 0.6) is 0 Å². The quantitative estimate of drug-likeness (QED) is 0.461. The Labute approximate surface area is 176 Å². The topological polar surface area (TPSA) is 45.2 Å². The molecule has 1 amide bonds. The Hall–Kier alpha value is -3.92. The van der Waals surface area contributed by atoms with Crippen molar-refractivity contribution in [2.24, 2.45) is 0 Å². The summed E-state index contributed by atoms with van der Waals surface area (Å²) >= 11 is 0. The molecule has 30 heavy (non-hydrogen) atoms. The Kier molecular flexibility index (Phi) is 5.85. The maximum atomic E-state index is 12.6. The largest absolute Gasteiger partial charge is 0.371 e. The molecule has 0 aliphatic heterocycles. The first-order valence-electron chi connectivity index (χ1n) is 9.88. The van der Waals surface area contributed by atoms with E-state index >= 15 is 0 Å². The van der Waals surface area contributed by atoms with Gasteiger partial charge in [0.05, 0.1) is 17.4 Å². The summed E-state index contributed by atoms with van der Waals surface area (Å²) in [4.78, 5) is 19.1. The monoisotopic (exact) mass is 393 g/mol. The number of rotatable bonds is 6. The van der Waals surface area contributed by atoms with Crippen molar-refractivity contribution in [3.8, 4) is 0 Å². The van der Waals surface area contributed by atoms with Gasteiger partial charge in [0.1, 0.15) is 0 Å². The van der Waals surface area contributed by atoms with E-state index in [9.17, 15) is 4.79 Å². The van der Waals surface area contributed by atoms with Gasteiger partial charge in [0.25, 0.3) is 5.91 Å². The van der Waals surface area contributed by atoms with E-state index in [1.54, 1.807) is 6.20 Å². The summed E-state index contributed by atoms with van der Waals surface area (Å²) in [5.41, 5.74) is 4.44. The van der Waals surface area contributed by atoms with Gasteiger partial charge in [0, 0.05) is 30.2 Å². The van der Waals surface area contributed by atoms with Gasteiger partial charge >= 0.3 is 0 Å². The van der Waals surface area contributed by atoms with E-state index in [0.29, 0.717) is 11.3 Å². The minimum absolute atomic E-state index is 0.148. The zero-order valence-corrected chi connectivity index (χ0v) is 16.8. The molecule has 0 fully saturated rings. The Morgan fingerprint density at radius 1 is 0.967 bits per heavy atom. The van der Waals surface area contributed by atoms with Gasteiger partial charge in [-0.3, -0.25) is 9.78 Å². The van der Waals surface area contributed by atoms with Crippen molar-refractivity contribution in [1.29, 1.82) is 0 Å². The molecule has 4 rings (SSSR count). The Morgan fingerprint density at radius 3 is 2.50 bits per heavy atom. The van der Waals surface area contributed by atoms with Crippen LogP contribution in [0.25, 0.3) is 17.0 Å². The molecule has 1 N–H and O–H groups in total. The molecular formula is C26H23N3O. The van der Waals surface area contributed by atoms with Crippen LogP contribution in [0.3, 0.4) is 0 Å². The van der Waals surface area contributed by atoms with Crippen molar-refractivity contribution < 1.29 is 4.79 Å². The number of nitrogens with one attached hydrogen (secondary N) is 1. The third-order valence-corrected chi connectivity index (χ3v) is 4.91. The minimum Gasteiger partial charge on any atom is -0.371 e. The Balaban J connectivity index is 1.38. The first kappa shape index (κ1) is 19.4. The molecular weight excluding hydrogens is 370 g/mol. The first-order chi connectivity index (χ1) is 14.7. The lowest BCUT2D eigenvalue weighted by molar-refractivity contribution is 0.102. The van der Waals surface area contributed by atoms with E-state index in [1.165, 1.54) is 5.56 Å². The fourth-order valence-electron chi connectivity index (χ4n) is 3.23. The normalized spacial score (nSPS) is 11.0. The lowest BCUT2D eigenvalue weighted by atomic mass is 10.1. The summed E-state index contributed by atoms with van der Waals surface area (Å²) in [6.45, 7) is 0.781. The maximum Gasteiger partial charge on any atom is 0.255 e. The van der Waals surface area contributed by atoms with Crippen molar-refractivity contribution in [2.45, 2.75) is 0 Å². The van der Waals surface area contributed by atoms with Crippen molar-refractivity contribution in [3.63, 3.8) is 0 Å². The van der Waals surface area contributed by atoms with Crippen LogP contribution in [0.15, 0.2) is 97.2 Å². The molecule has 4 heteroatoms.